The molecule has 0 aromatic heterocycles. The summed E-state index contributed by atoms with van der Waals surface area (Å²) in [5.74, 6) is -0.327. The summed E-state index contributed by atoms with van der Waals surface area (Å²) >= 11 is 5.63. The Labute approximate surface area is 129 Å². The molecule has 2 rings (SSSR count). The largest absolute Gasteiger partial charge is 0.379 e. The molecule has 1 aliphatic rings. The van der Waals surface area contributed by atoms with Crippen molar-refractivity contribution in [3.63, 3.8) is 0 Å². The van der Waals surface area contributed by atoms with Gasteiger partial charge in [-0.1, -0.05) is 23.7 Å². The standard InChI is InChI=1S/C8H8ClNO.C4H10N2O3S/c9-7-3-1-6(2-4-7)5-8(10)11;5-10(7,8)6-1-3-9-4-2-6/h1-4H,5H2,(H2,10,11);1-4H2,(H2,5,7,8). The Morgan fingerprint density at radius 2 is 1.76 bits per heavy atom. The van der Waals surface area contributed by atoms with Gasteiger partial charge in [-0.2, -0.15) is 12.7 Å². The molecule has 0 bridgehead atoms. The number of amides is 1. The molecule has 0 atom stereocenters. The molecule has 1 heterocycles. The van der Waals surface area contributed by atoms with Crippen molar-refractivity contribution in [2.45, 2.75) is 6.42 Å². The molecule has 0 unspecified atom stereocenters. The van der Waals surface area contributed by atoms with Gasteiger partial charge in [0.25, 0.3) is 10.2 Å². The second-order valence-electron chi connectivity index (χ2n) is 4.33. The van der Waals surface area contributed by atoms with Crippen LogP contribution in [0.4, 0.5) is 0 Å². The van der Waals surface area contributed by atoms with Gasteiger partial charge in [-0.15, -0.1) is 0 Å². The lowest BCUT2D eigenvalue weighted by Gasteiger charge is -2.23. The zero-order chi connectivity index (χ0) is 15.9. The maximum absolute atomic E-state index is 10.6. The van der Waals surface area contributed by atoms with E-state index in [1.165, 1.54) is 4.31 Å². The fraction of sp³-hybridized carbons (Fsp3) is 0.417. The molecule has 1 fully saturated rings. The van der Waals surface area contributed by atoms with Crippen LogP contribution in [0.3, 0.4) is 0 Å². The van der Waals surface area contributed by atoms with Gasteiger partial charge in [0, 0.05) is 18.1 Å². The summed E-state index contributed by atoms with van der Waals surface area (Å²) in [6, 6.07) is 7.04. The van der Waals surface area contributed by atoms with E-state index in [2.05, 4.69) is 0 Å². The highest BCUT2D eigenvalue weighted by Crippen LogP contribution is 2.09. The molecular weight excluding hydrogens is 318 g/mol. The van der Waals surface area contributed by atoms with Crippen LogP contribution in [-0.2, 0) is 26.2 Å². The van der Waals surface area contributed by atoms with Crippen molar-refractivity contribution in [2.24, 2.45) is 10.9 Å². The molecule has 0 radical (unpaired) electrons. The molecule has 21 heavy (non-hydrogen) atoms. The highest BCUT2D eigenvalue weighted by atomic mass is 35.5. The highest BCUT2D eigenvalue weighted by Gasteiger charge is 2.19. The molecule has 9 heteroatoms. The van der Waals surface area contributed by atoms with E-state index >= 15 is 0 Å². The molecule has 7 nitrogen and oxygen atoms in total. The molecule has 1 saturated heterocycles. The first kappa shape index (κ1) is 17.9. The minimum atomic E-state index is -3.47. The summed E-state index contributed by atoms with van der Waals surface area (Å²) in [7, 11) is -3.47. The first-order valence-corrected chi connectivity index (χ1v) is 8.05. The SMILES string of the molecule is NC(=O)Cc1ccc(Cl)cc1.NS(=O)(=O)N1CCOCC1. The number of carbonyl (C=O) groups excluding carboxylic acids is 1. The van der Waals surface area contributed by atoms with Gasteiger partial charge in [-0.3, -0.25) is 4.79 Å². The number of carbonyl (C=O) groups is 1. The van der Waals surface area contributed by atoms with Gasteiger partial charge in [-0.25, -0.2) is 5.14 Å². The molecule has 118 valence electrons. The summed E-state index contributed by atoms with van der Waals surface area (Å²) in [5.41, 5.74) is 5.88. The molecule has 0 aliphatic carbocycles. The van der Waals surface area contributed by atoms with Crippen molar-refractivity contribution < 1.29 is 17.9 Å². The van der Waals surface area contributed by atoms with Gasteiger partial charge in [0.15, 0.2) is 0 Å². The van der Waals surface area contributed by atoms with Crippen LogP contribution >= 0.6 is 11.6 Å². The van der Waals surface area contributed by atoms with Crippen LogP contribution in [0, 0.1) is 0 Å². The van der Waals surface area contributed by atoms with Crippen LogP contribution in [-0.4, -0.2) is 44.9 Å². The van der Waals surface area contributed by atoms with Crippen molar-refractivity contribution in [1.29, 1.82) is 0 Å². The predicted molar refractivity (Wildman–Crippen MR) is 79.8 cm³/mol. The van der Waals surface area contributed by atoms with Crippen molar-refractivity contribution in [1.82, 2.24) is 4.31 Å². The third kappa shape index (κ3) is 7.39. The summed E-state index contributed by atoms with van der Waals surface area (Å²) in [6.07, 6.45) is 0.275. The number of morpholine rings is 1. The first-order valence-electron chi connectivity index (χ1n) is 6.17. The lowest BCUT2D eigenvalue weighted by atomic mass is 10.1. The van der Waals surface area contributed by atoms with E-state index in [1.807, 2.05) is 0 Å². The van der Waals surface area contributed by atoms with Gasteiger partial charge in [0.1, 0.15) is 0 Å². The van der Waals surface area contributed by atoms with E-state index in [1.54, 1.807) is 24.3 Å². The van der Waals surface area contributed by atoms with Crippen LogP contribution in [0.15, 0.2) is 24.3 Å². The number of benzene rings is 1. The van der Waals surface area contributed by atoms with E-state index in [4.69, 9.17) is 27.2 Å². The van der Waals surface area contributed by atoms with Gasteiger partial charge < -0.3 is 10.5 Å². The van der Waals surface area contributed by atoms with Gasteiger partial charge in [0.2, 0.25) is 5.91 Å². The van der Waals surface area contributed by atoms with Crippen molar-refractivity contribution in [3.05, 3.63) is 34.9 Å². The lowest BCUT2D eigenvalue weighted by molar-refractivity contribution is -0.117. The number of nitrogens with two attached hydrogens (primary N) is 2. The lowest BCUT2D eigenvalue weighted by Crippen LogP contribution is -2.44. The van der Waals surface area contributed by atoms with Crippen LogP contribution < -0.4 is 10.9 Å². The third-order valence-electron chi connectivity index (χ3n) is 2.62. The number of halogens is 1. The molecule has 4 N–H and O–H groups in total. The van der Waals surface area contributed by atoms with E-state index in [9.17, 15) is 13.2 Å². The number of hydrogen-bond donors (Lipinski definition) is 2. The zero-order valence-corrected chi connectivity index (χ0v) is 12.9. The summed E-state index contributed by atoms with van der Waals surface area (Å²) < 4.78 is 27.4. The summed E-state index contributed by atoms with van der Waals surface area (Å²) in [5, 5.41) is 5.52. The van der Waals surface area contributed by atoms with Gasteiger partial charge in [-0.05, 0) is 17.7 Å². The number of nitrogens with zero attached hydrogens (tertiary/aromatic N) is 1. The van der Waals surface area contributed by atoms with Crippen LogP contribution in [0.25, 0.3) is 0 Å². The molecule has 1 amide bonds. The van der Waals surface area contributed by atoms with Crippen LogP contribution in [0.5, 0.6) is 0 Å². The summed E-state index contributed by atoms with van der Waals surface area (Å²) in [4.78, 5) is 10.4. The average Bonchev–Trinajstić information content (AvgIpc) is 2.42. The quantitative estimate of drug-likeness (QED) is 0.801. The molecule has 0 saturated carbocycles. The zero-order valence-electron chi connectivity index (χ0n) is 11.4. The Morgan fingerprint density at radius 1 is 1.24 bits per heavy atom. The Bertz CT molecular complexity index is 556. The Kier molecular flexibility index (Phi) is 7.06. The fourth-order valence-corrected chi connectivity index (χ4v) is 2.39. The minimum absolute atomic E-state index is 0.275. The van der Waals surface area contributed by atoms with E-state index in [0.29, 0.717) is 31.3 Å². The number of hydrogen-bond acceptors (Lipinski definition) is 4. The first-order chi connectivity index (χ1) is 9.79. The summed E-state index contributed by atoms with van der Waals surface area (Å²) in [6.45, 7) is 1.63. The van der Waals surface area contributed by atoms with E-state index < -0.39 is 10.2 Å². The molecule has 1 aliphatic heterocycles. The maximum atomic E-state index is 10.6. The fourth-order valence-electron chi connectivity index (χ4n) is 1.60. The van der Waals surface area contributed by atoms with Crippen molar-refractivity contribution >= 4 is 27.7 Å². The number of ether oxygens (including phenoxy) is 1. The number of primary amides is 1. The van der Waals surface area contributed by atoms with Gasteiger partial charge in [0.05, 0.1) is 19.6 Å². The minimum Gasteiger partial charge on any atom is -0.379 e. The smallest absolute Gasteiger partial charge is 0.277 e. The van der Waals surface area contributed by atoms with E-state index in [-0.39, 0.29) is 12.3 Å². The second-order valence-corrected chi connectivity index (χ2v) is 6.31. The molecule has 1 aromatic rings. The Morgan fingerprint density at radius 3 is 2.14 bits per heavy atom. The topological polar surface area (TPSA) is 116 Å². The van der Waals surface area contributed by atoms with Crippen LogP contribution in [0.1, 0.15) is 5.56 Å². The second kappa shape index (κ2) is 8.30. The molecule has 1 aromatic carbocycles. The van der Waals surface area contributed by atoms with Crippen molar-refractivity contribution in [3.8, 4) is 0 Å². The molecule has 0 spiro atoms. The van der Waals surface area contributed by atoms with Gasteiger partial charge >= 0.3 is 0 Å². The Balaban J connectivity index is 0.000000211. The monoisotopic (exact) mass is 335 g/mol. The predicted octanol–water partition coefficient (Wildman–Crippen LogP) is -0.110. The highest BCUT2D eigenvalue weighted by molar-refractivity contribution is 7.86. The van der Waals surface area contributed by atoms with Crippen molar-refractivity contribution in [2.75, 3.05) is 26.3 Å². The Hall–Kier alpha value is -1.19. The van der Waals surface area contributed by atoms with Crippen LogP contribution in [0.2, 0.25) is 5.02 Å². The maximum Gasteiger partial charge on any atom is 0.277 e. The normalized spacial score (nSPS) is 15.9. The molecular formula is C12H18ClN3O4S. The third-order valence-corrected chi connectivity index (χ3v) is 3.96. The number of rotatable bonds is 3. The van der Waals surface area contributed by atoms with E-state index in [0.717, 1.165) is 5.56 Å². The average molecular weight is 336 g/mol.